The molecule has 0 unspecified atom stereocenters. The van der Waals surface area contributed by atoms with Crippen molar-refractivity contribution in [2.24, 2.45) is 0 Å². The van der Waals surface area contributed by atoms with Gasteiger partial charge in [-0.2, -0.15) is 0 Å². The molecule has 0 aromatic heterocycles. The van der Waals surface area contributed by atoms with E-state index in [0.717, 1.165) is 0 Å². The first-order chi connectivity index (χ1) is 6.95. The van der Waals surface area contributed by atoms with Crippen LogP contribution in [-0.4, -0.2) is 24.2 Å². The van der Waals surface area contributed by atoms with Gasteiger partial charge in [-0.15, -0.1) is 0 Å². The van der Waals surface area contributed by atoms with Gasteiger partial charge in [0.05, 0.1) is 16.9 Å². The van der Waals surface area contributed by atoms with Gasteiger partial charge in [0.1, 0.15) is 0 Å². The third-order valence-corrected chi connectivity index (χ3v) is 2.42. The van der Waals surface area contributed by atoms with E-state index in [1.165, 1.54) is 0 Å². The Hall–Kier alpha value is -1.71. The number of carboxylic acid groups (broad SMARTS) is 1. The standard InChI is InChI=1S/C11H16N2O2/c1-7(2)13(3)10-8(11(14)15)5-4-6-9(10)12/h4-7H,12H2,1-3H3,(H,14,15). The van der Waals surface area contributed by atoms with Crippen molar-refractivity contribution >= 4 is 17.3 Å². The van der Waals surface area contributed by atoms with Gasteiger partial charge in [-0.25, -0.2) is 4.79 Å². The Bertz CT molecular complexity index is 375. The summed E-state index contributed by atoms with van der Waals surface area (Å²) < 4.78 is 0. The van der Waals surface area contributed by atoms with Crippen LogP contribution < -0.4 is 10.6 Å². The van der Waals surface area contributed by atoms with Crippen LogP contribution in [0.1, 0.15) is 24.2 Å². The van der Waals surface area contributed by atoms with Crippen molar-refractivity contribution in [2.45, 2.75) is 19.9 Å². The lowest BCUT2D eigenvalue weighted by atomic mass is 10.1. The molecule has 3 N–H and O–H groups in total. The van der Waals surface area contributed by atoms with Crippen molar-refractivity contribution in [1.29, 1.82) is 0 Å². The number of carboxylic acids is 1. The minimum atomic E-state index is -0.954. The van der Waals surface area contributed by atoms with Crippen LogP contribution >= 0.6 is 0 Å². The molecule has 0 spiro atoms. The molecule has 0 amide bonds. The molecule has 0 aliphatic rings. The molecule has 0 aliphatic heterocycles. The number of carbonyl (C=O) groups is 1. The fourth-order valence-corrected chi connectivity index (χ4v) is 1.39. The Morgan fingerprint density at radius 3 is 2.53 bits per heavy atom. The minimum absolute atomic E-state index is 0.202. The van der Waals surface area contributed by atoms with Gasteiger partial charge in [-0.3, -0.25) is 0 Å². The van der Waals surface area contributed by atoms with Crippen LogP contribution in [0, 0.1) is 0 Å². The Balaban J connectivity index is 3.30. The number of rotatable bonds is 3. The summed E-state index contributed by atoms with van der Waals surface area (Å²) in [4.78, 5) is 12.9. The second-order valence-electron chi connectivity index (χ2n) is 3.75. The number of nitrogens with zero attached hydrogens (tertiary/aromatic N) is 1. The van der Waals surface area contributed by atoms with Crippen LogP contribution in [0.2, 0.25) is 0 Å². The normalized spacial score (nSPS) is 10.4. The zero-order valence-electron chi connectivity index (χ0n) is 9.19. The lowest BCUT2D eigenvalue weighted by Gasteiger charge is -2.26. The van der Waals surface area contributed by atoms with Crippen molar-refractivity contribution < 1.29 is 9.90 Å². The van der Waals surface area contributed by atoms with Crippen LogP contribution in [0.25, 0.3) is 0 Å². The van der Waals surface area contributed by atoms with Crippen LogP contribution in [0.3, 0.4) is 0 Å². The maximum atomic E-state index is 11.0. The molecular weight excluding hydrogens is 192 g/mol. The Morgan fingerprint density at radius 1 is 1.47 bits per heavy atom. The number of nitrogen functional groups attached to an aromatic ring is 1. The highest BCUT2D eigenvalue weighted by Crippen LogP contribution is 2.28. The third-order valence-electron chi connectivity index (χ3n) is 2.42. The van der Waals surface area contributed by atoms with Gasteiger partial charge in [0.25, 0.3) is 0 Å². The zero-order chi connectivity index (χ0) is 11.6. The lowest BCUT2D eigenvalue weighted by Crippen LogP contribution is -2.28. The summed E-state index contributed by atoms with van der Waals surface area (Å²) in [6.45, 7) is 3.97. The van der Waals surface area contributed by atoms with Crippen molar-refractivity contribution in [1.82, 2.24) is 0 Å². The van der Waals surface area contributed by atoms with Crippen LogP contribution in [0.4, 0.5) is 11.4 Å². The van der Waals surface area contributed by atoms with E-state index >= 15 is 0 Å². The van der Waals surface area contributed by atoms with E-state index in [0.29, 0.717) is 11.4 Å². The molecule has 0 bridgehead atoms. The molecule has 15 heavy (non-hydrogen) atoms. The summed E-state index contributed by atoms with van der Waals surface area (Å²) in [6.07, 6.45) is 0. The highest BCUT2D eigenvalue weighted by atomic mass is 16.4. The molecule has 0 aliphatic carbocycles. The number of hydrogen-bond acceptors (Lipinski definition) is 3. The van der Waals surface area contributed by atoms with Gasteiger partial charge < -0.3 is 15.7 Å². The van der Waals surface area contributed by atoms with Crippen LogP contribution in [0.5, 0.6) is 0 Å². The smallest absolute Gasteiger partial charge is 0.337 e. The van der Waals surface area contributed by atoms with Crippen LogP contribution in [0.15, 0.2) is 18.2 Å². The summed E-state index contributed by atoms with van der Waals surface area (Å²) in [5.41, 5.74) is 7.11. The second-order valence-corrected chi connectivity index (χ2v) is 3.75. The molecule has 4 nitrogen and oxygen atoms in total. The maximum Gasteiger partial charge on any atom is 0.337 e. The second kappa shape index (κ2) is 4.21. The first kappa shape index (κ1) is 11.4. The minimum Gasteiger partial charge on any atom is -0.478 e. The highest BCUT2D eigenvalue weighted by molar-refractivity contribution is 5.97. The molecule has 4 heteroatoms. The van der Waals surface area contributed by atoms with E-state index in [1.54, 1.807) is 18.2 Å². The molecule has 0 fully saturated rings. The van der Waals surface area contributed by atoms with E-state index in [4.69, 9.17) is 10.8 Å². The molecule has 82 valence electrons. The van der Waals surface area contributed by atoms with Gasteiger partial charge in [-0.05, 0) is 26.0 Å². The predicted molar refractivity (Wildman–Crippen MR) is 61.4 cm³/mol. The summed E-state index contributed by atoms with van der Waals surface area (Å²) in [5, 5.41) is 9.04. The number of benzene rings is 1. The van der Waals surface area contributed by atoms with E-state index in [9.17, 15) is 4.79 Å². The first-order valence-corrected chi connectivity index (χ1v) is 4.79. The Morgan fingerprint density at radius 2 is 2.07 bits per heavy atom. The first-order valence-electron chi connectivity index (χ1n) is 4.79. The van der Waals surface area contributed by atoms with Gasteiger partial charge in [0.2, 0.25) is 0 Å². The molecular formula is C11H16N2O2. The van der Waals surface area contributed by atoms with Gasteiger partial charge in [-0.1, -0.05) is 6.07 Å². The largest absolute Gasteiger partial charge is 0.478 e. The fraction of sp³-hybridized carbons (Fsp3) is 0.364. The van der Waals surface area contributed by atoms with Crippen molar-refractivity contribution in [3.63, 3.8) is 0 Å². The number of anilines is 2. The van der Waals surface area contributed by atoms with Crippen molar-refractivity contribution in [3.05, 3.63) is 23.8 Å². The average molecular weight is 208 g/mol. The Labute approximate surface area is 89.3 Å². The van der Waals surface area contributed by atoms with Gasteiger partial charge in [0, 0.05) is 13.1 Å². The number of hydrogen-bond donors (Lipinski definition) is 2. The molecule has 0 atom stereocenters. The van der Waals surface area contributed by atoms with E-state index < -0.39 is 5.97 Å². The lowest BCUT2D eigenvalue weighted by molar-refractivity contribution is 0.0697. The summed E-state index contributed by atoms with van der Waals surface area (Å²) in [6, 6.07) is 5.12. The number of aromatic carboxylic acids is 1. The highest BCUT2D eigenvalue weighted by Gasteiger charge is 2.17. The molecule has 0 heterocycles. The number of nitrogens with two attached hydrogens (primary N) is 1. The monoisotopic (exact) mass is 208 g/mol. The van der Waals surface area contributed by atoms with Crippen LogP contribution in [-0.2, 0) is 0 Å². The zero-order valence-corrected chi connectivity index (χ0v) is 9.19. The SMILES string of the molecule is CC(C)N(C)c1c(N)cccc1C(=O)O. The summed E-state index contributed by atoms with van der Waals surface area (Å²) in [5.74, 6) is -0.954. The average Bonchev–Trinajstić information content (AvgIpc) is 2.16. The fourth-order valence-electron chi connectivity index (χ4n) is 1.39. The topological polar surface area (TPSA) is 66.6 Å². The van der Waals surface area contributed by atoms with E-state index in [-0.39, 0.29) is 11.6 Å². The van der Waals surface area contributed by atoms with Gasteiger partial charge >= 0.3 is 5.97 Å². The van der Waals surface area contributed by atoms with E-state index in [1.807, 2.05) is 25.8 Å². The molecule has 1 aromatic carbocycles. The quantitative estimate of drug-likeness (QED) is 0.743. The predicted octanol–water partition coefficient (Wildman–Crippen LogP) is 1.81. The molecule has 0 radical (unpaired) electrons. The molecule has 1 rings (SSSR count). The van der Waals surface area contributed by atoms with Gasteiger partial charge in [0.15, 0.2) is 0 Å². The summed E-state index contributed by atoms with van der Waals surface area (Å²) in [7, 11) is 1.84. The third kappa shape index (κ3) is 2.21. The number of para-hydroxylation sites is 1. The summed E-state index contributed by atoms with van der Waals surface area (Å²) >= 11 is 0. The molecule has 1 aromatic rings. The Kier molecular flexibility index (Phi) is 3.19. The maximum absolute atomic E-state index is 11.0. The molecule has 0 saturated carbocycles. The van der Waals surface area contributed by atoms with Crippen molar-refractivity contribution in [2.75, 3.05) is 17.7 Å². The molecule has 0 saturated heterocycles. The van der Waals surface area contributed by atoms with E-state index in [2.05, 4.69) is 0 Å². The van der Waals surface area contributed by atoms with Crippen molar-refractivity contribution in [3.8, 4) is 0 Å².